The van der Waals surface area contributed by atoms with Crippen LogP contribution in [0.4, 0.5) is 0 Å². The third kappa shape index (κ3) is 4.03. The van der Waals surface area contributed by atoms with Gasteiger partial charge in [-0.05, 0) is 18.9 Å². The molecular formula is C17H21N3O3S. The monoisotopic (exact) mass is 347 g/mol. The standard InChI is InChI=1S/C17H21N3O3S/c1-12(21)18-6-4-15-11-24-16(19-15)13-3-2-7-20(9-13)17(22)14-5-8-23-10-14/h5,8,10-11,13H,2-4,6-7,9H2,1H3,(H,18,21)/t13-/m0/s1. The molecule has 0 aliphatic carbocycles. The average Bonchev–Trinajstić information content (AvgIpc) is 3.26. The van der Waals surface area contributed by atoms with Gasteiger partial charge in [-0.25, -0.2) is 4.98 Å². The Morgan fingerprint density at radius 3 is 3.12 bits per heavy atom. The highest BCUT2D eigenvalue weighted by atomic mass is 32.1. The number of likely N-dealkylation sites (tertiary alicyclic amines) is 1. The lowest BCUT2D eigenvalue weighted by atomic mass is 9.98. The van der Waals surface area contributed by atoms with Crippen LogP contribution in [0, 0.1) is 0 Å². The molecule has 1 fully saturated rings. The fourth-order valence-corrected chi connectivity index (χ4v) is 3.91. The molecule has 1 aliphatic rings. The molecule has 0 aromatic carbocycles. The molecule has 1 saturated heterocycles. The van der Waals surface area contributed by atoms with Crippen molar-refractivity contribution in [2.45, 2.75) is 32.1 Å². The molecule has 128 valence electrons. The topological polar surface area (TPSA) is 75.4 Å². The largest absolute Gasteiger partial charge is 0.472 e. The van der Waals surface area contributed by atoms with E-state index in [2.05, 4.69) is 5.32 Å². The molecule has 0 spiro atoms. The number of nitrogens with one attached hydrogen (secondary N) is 1. The van der Waals surface area contributed by atoms with Gasteiger partial charge in [-0.15, -0.1) is 11.3 Å². The van der Waals surface area contributed by atoms with Crippen LogP contribution in [-0.2, 0) is 11.2 Å². The molecule has 24 heavy (non-hydrogen) atoms. The van der Waals surface area contributed by atoms with E-state index in [9.17, 15) is 9.59 Å². The second kappa shape index (κ2) is 7.61. The molecule has 3 rings (SSSR count). The van der Waals surface area contributed by atoms with E-state index in [1.165, 1.54) is 19.5 Å². The maximum absolute atomic E-state index is 12.5. The second-order valence-corrected chi connectivity index (χ2v) is 6.90. The highest BCUT2D eigenvalue weighted by molar-refractivity contribution is 7.09. The third-order valence-electron chi connectivity index (χ3n) is 4.15. The molecule has 0 bridgehead atoms. The number of carbonyl (C=O) groups is 2. The van der Waals surface area contributed by atoms with E-state index >= 15 is 0 Å². The van der Waals surface area contributed by atoms with E-state index in [0.29, 0.717) is 18.7 Å². The summed E-state index contributed by atoms with van der Waals surface area (Å²) in [7, 11) is 0. The quantitative estimate of drug-likeness (QED) is 0.901. The van der Waals surface area contributed by atoms with Crippen LogP contribution in [0.3, 0.4) is 0 Å². The summed E-state index contributed by atoms with van der Waals surface area (Å²) < 4.78 is 5.01. The van der Waals surface area contributed by atoms with E-state index < -0.39 is 0 Å². The highest BCUT2D eigenvalue weighted by Crippen LogP contribution is 2.30. The minimum atomic E-state index is -0.0221. The van der Waals surface area contributed by atoms with Gasteiger partial charge >= 0.3 is 0 Å². The number of carbonyl (C=O) groups excluding carboxylic acids is 2. The summed E-state index contributed by atoms with van der Waals surface area (Å²) >= 11 is 1.65. The molecule has 6 nitrogen and oxygen atoms in total. The number of hydrogen-bond donors (Lipinski definition) is 1. The van der Waals surface area contributed by atoms with Crippen molar-refractivity contribution in [1.82, 2.24) is 15.2 Å². The third-order valence-corrected chi connectivity index (χ3v) is 5.21. The normalized spacial score (nSPS) is 17.7. The first-order valence-electron chi connectivity index (χ1n) is 8.13. The summed E-state index contributed by atoms with van der Waals surface area (Å²) in [6.07, 6.45) is 5.79. The van der Waals surface area contributed by atoms with Gasteiger partial charge in [-0.2, -0.15) is 0 Å². The zero-order valence-corrected chi connectivity index (χ0v) is 14.5. The van der Waals surface area contributed by atoms with Crippen LogP contribution in [0.2, 0.25) is 0 Å². The molecule has 0 radical (unpaired) electrons. The first-order chi connectivity index (χ1) is 11.6. The van der Waals surface area contributed by atoms with Crippen LogP contribution in [0.15, 0.2) is 28.4 Å². The van der Waals surface area contributed by atoms with Gasteiger partial charge in [0.25, 0.3) is 5.91 Å². The Morgan fingerprint density at radius 1 is 1.50 bits per heavy atom. The molecule has 1 aliphatic heterocycles. The van der Waals surface area contributed by atoms with Crippen molar-refractivity contribution in [3.63, 3.8) is 0 Å². The van der Waals surface area contributed by atoms with Gasteiger partial charge < -0.3 is 14.6 Å². The first-order valence-corrected chi connectivity index (χ1v) is 9.01. The minimum absolute atomic E-state index is 0.0221. The van der Waals surface area contributed by atoms with Crippen LogP contribution in [0.1, 0.15) is 46.7 Å². The predicted molar refractivity (Wildman–Crippen MR) is 91.1 cm³/mol. The molecule has 2 aromatic rings. The summed E-state index contributed by atoms with van der Waals surface area (Å²) in [6.45, 7) is 3.60. The highest BCUT2D eigenvalue weighted by Gasteiger charge is 2.27. The van der Waals surface area contributed by atoms with E-state index in [0.717, 1.165) is 36.5 Å². The summed E-state index contributed by atoms with van der Waals surface area (Å²) in [5.41, 5.74) is 1.60. The summed E-state index contributed by atoms with van der Waals surface area (Å²) in [5.74, 6) is 0.288. The fourth-order valence-electron chi connectivity index (χ4n) is 2.92. The molecule has 2 amide bonds. The molecule has 3 heterocycles. The van der Waals surface area contributed by atoms with Crippen LogP contribution >= 0.6 is 11.3 Å². The van der Waals surface area contributed by atoms with Crippen molar-refractivity contribution < 1.29 is 14.0 Å². The van der Waals surface area contributed by atoms with Crippen LogP contribution in [-0.4, -0.2) is 41.3 Å². The lowest BCUT2D eigenvalue weighted by Crippen LogP contribution is -2.38. The lowest BCUT2D eigenvalue weighted by Gasteiger charge is -2.31. The Balaban J connectivity index is 1.59. The summed E-state index contributed by atoms with van der Waals surface area (Å²) in [4.78, 5) is 30.0. The van der Waals surface area contributed by atoms with Crippen LogP contribution in [0.25, 0.3) is 0 Å². The van der Waals surface area contributed by atoms with Gasteiger partial charge in [-0.3, -0.25) is 9.59 Å². The Hall–Kier alpha value is -2.15. The number of furan rings is 1. The van der Waals surface area contributed by atoms with E-state index in [1.807, 2.05) is 10.3 Å². The molecule has 0 unspecified atom stereocenters. The number of amides is 2. The van der Waals surface area contributed by atoms with E-state index in [1.54, 1.807) is 17.4 Å². The Bertz CT molecular complexity index is 696. The molecule has 2 aromatic heterocycles. The van der Waals surface area contributed by atoms with Gasteiger partial charge in [0.15, 0.2) is 0 Å². The lowest BCUT2D eigenvalue weighted by molar-refractivity contribution is -0.118. The zero-order chi connectivity index (χ0) is 16.9. The van der Waals surface area contributed by atoms with Crippen molar-refractivity contribution in [3.05, 3.63) is 40.2 Å². The van der Waals surface area contributed by atoms with Crippen LogP contribution in [0.5, 0.6) is 0 Å². The number of aromatic nitrogens is 1. The number of hydrogen-bond acceptors (Lipinski definition) is 5. The molecular weight excluding hydrogens is 326 g/mol. The Labute approximate surface area is 144 Å². The maximum Gasteiger partial charge on any atom is 0.257 e. The summed E-state index contributed by atoms with van der Waals surface area (Å²) in [5, 5.41) is 5.91. The van der Waals surface area contributed by atoms with Gasteiger partial charge in [0.05, 0.1) is 22.5 Å². The molecule has 0 saturated carbocycles. The smallest absolute Gasteiger partial charge is 0.257 e. The molecule has 1 atom stereocenters. The predicted octanol–water partition coefficient (Wildman–Crippen LogP) is 2.43. The van der Waals surface area contributed by atoms with Crippen LogP contribution < -0.4 is 5.32 Å². The van der Waals surface area contributed by atoms with Crippen molar-refractivity contribution in [3.8, 4) is 0 Å². The number of nitrogens with zero attached hydrogens (tertiary/aromatic N) is 2. The Kier molecular flexibility index (Phi) is 5.30. The van der Waals surface area contributed by atoms with Gasteiger partial charge in [-0.1, -0.05) is 0 Å². The zero-order valence-electron chi connectivity index (χ0n) is 13.7. The van der Waals surface area contributed by atoms with Crippen molar-refractivity contribution in [2.75, 3.05) is 19.6 Å². The summed E-state index contributed by atoms with van der Waals surface area (Å²) in [6, 6.07) is 1.70. The molecule has 7 heteroatoms. The number of thiazole rings is 1. The maximum atomic E-state index is 12.5. The SMILES string of the molecule is CC(=O)NCCc1csc([C@H]2CCCN(C(=O)c3ccoc3)C2)n1. The number of piperidine rings is 1. The first kappa shape index (κ1) is 16.7. The fraction of sp³-hybridized carbons (Fsp3) is 0.471. The van der Waals surface area contributed by atoms with E-state index in [-0.39, 0.29) is 17.7 Å². The average molecular weight is 347 g/mol. The van der Waals surface area contributed by atoms with E-state index in [4.69, 9.17) is 9.40 Å². The minimum Gasteiger partial charge on any atom is -0.472 e. The van der Waals surface area contributed by atoms with Crippen molar-refractivity contribution in [2.24, 2.45) is 0 Å². The molecule has 1 N–H and O–H groups in total. The van der Waals surface area contributed by atoms with Crippen molar-refractivity contribution in [1.29, 1.82) is 0 Å². The van der Waals surface area contributed by atoms with Crippen molar-refractivity contribution >= 4 is 23.2 Å². The second-order valence-electron chi connectivity index (χ2n) is 6.01. The van der Waals surface area contributed by atoms with Gasteiger partial charge in [0, 0.05) is 44.3 Å². The van der Waals surface area contributed by atoms with Gasteiger partial charge in [0.2, 0.25) is 5.91 Å². The van der Waals surface area contributed by atoms with Gasteiger partial charge in [0.1, 0.15) is 6.26 Å². The Morgan fingerprint density at radius 2 is 2.38 bits per heavy atom. The number of rotatable bonds is 5.